The standard InChI is InChI=1S/C22H34O4/c1-14-8-9-19-21(4,5)10-7-11-22(19,6)17(14)13-18(26-16(3)23)15(2)12-20(24)25/h12,17-19H,1,7-11,13H2,2-6H3,(H,24,25). The van der Waals surface area contributed by atoms with E-state index >= 15 is 0 Å². The van der Waals surface area contributed by atoms with E-state index in [1.165, 1.54) is 31.8 Å². The number of rotatable bonds is 5. The number of carbonyl (C=O) groups is 2. The van der Waals surface area contributed by atoms with E-state index in [0.717, 1.165) is 18.9 Å². The zero-order valence-electron chi connectivity index (χ0n) is 16.9. The summed E-state index contributed by atoms with van der Waals surface area (Å²) in [5, 5.41) is 9.10. The van der Waals surface area contributed by atoms with Crippen LogP contribution in [0.5, 0.6) is 0 Å². The Bertz CT molecular complexity index is 616. The molecule has 0 aromatic carbocycles. The molecule has 0 radical (unpaired) electrons. The molecule has 0 saturated heterocycles. The molecule has 0 aromatic rings. The summed E-state index contributed by atoms with van der Waals surface area (Å²) in [7, 11) is 0. The highest BCUT2D eigenvalue weighted by molar-refractivity contribution is 5.80. The second-order valence-electron chi connectivity index (χ2n) is 9.21. The highest BCUT2D eigenvalue weighted by Crippen LogP contribution is 2.61. The zero-order valence-corrected chi connectivity index (χ0v) is 16.9. The van der Waals surface area contributed by atoms with Crippen molar-refractivity contribution in [3.05, 3.63) is 23.8 Å². The number of ether oxygens (including phenoxy) is 1. The van der Waals surface area contributed by atoms with Gasteiger partial charge in [-0.15, -0.1) is 0 Å². The zero-order chi connectivity index (χ0) is 19.7. The predicted octanol–water partition coefficient (Wildman–Crippen LogP) is 5.14. The fourth-order valence-electron chi connectivity index (χ4n) is 5.74. The maximum atomic E-state index is 11.6. The van der Waals surface area contributed by atoms with Gasteiger partial charge in [-0.1, -0.05) is 39.3 Å². The van der Waals surface area contributed by atoms with Gasteiger partial charge in [-0.2, -0.15) is 0 Å². The first-order chi connectivity index (χ1) is 12.0. The molecule has 0 aliphatic heterocycles. The van der Waals surface area contributed by atoms with Crippen molar-refractivity contribution in [2.75, 3.05) is 0 Å². The molecule has 0 amide bonds. The average Bonchev–Trinajstić information content (AvgIpc) is 2.47. The van der Waals surface area contributed by atoms with E-state index in [1.807, 2.05) is 0 Å². The number of fused-ring (bicyclic) bond motifs is 1. The molecule has 0 spiro atoms. The van der Waals surface area contributed by atoms with Crippen LogP contribution < -0.4 is 0 Å². The van der Waals surface area contributed by atoms with Crippen LogP contribution in [0.3, 0.4) is 0 Å². The molecule has 0 aromatic heterocycles. The Hall–Kier alpha value is -1.58. The van der Waals surface area contributed by atoms with Gasteiger partial charge in [0, 0.05) is 13.0 Å². The highest BCUT2D eigenvalue weighted by Gasteiger charge is 2.53. The molecule has 2 rings (SSSR count). The molecule has 0 heterocycles. The van der Waals surface area contributed by atoms with Crippen LogP contribution in [-0.2, 0) is 14.3 Å². The number of aliphatic carboxylic acids is 1. The normalized spacial score (nSPS) is 32.5. The fourth-order valence-corrected chi connectivity index (χ4v) is 5.74. The third-order valence-electron chi connectivity index (χ3n) is 6.94. The molecule has 0 bridgehead atoms. The number of allylic oxidation sites excluding steroid dienone is 1. The van der Waals surface area contributed by atoms with Crippen molar-refractivity contribution in [2.45, 2.75) is 79.2 Å². The topological polar surface area (TPSA) is 63.6 Å². The largest absolute Gasteiger partial charge is 0.478 e. The van der Waals surface area contributed by atoms with Crippen LogP contribution in [0.1, 0.15) is 73.1 Å². The number of carboxylic acids is 1. The molecule has 4 heteroatoms. The third kappa shape index (κ3) is 4.21. The Morgan fingerprint density at radius 3 is 2.54 bits per heavy atom. The number of hydrogen-bond acceptors (Lipinski definition) is 3. The highest BCUT2D eigenvalue weighted by atomic mass is 16.5. The molecule has 146 valence electrons. The predicted molar refractivity (Wildman–Crippen MR) is 103 cm³/mol. The summed E-state index contributed by atoms with van der Waals surface area (Å²) in [5.41, 5.74) is 2.23. The molecule has 2 fully saturated rings. The smallest absolute Gasteiger partial charge is 0.328 e. The summed E-state index contributed by atoms with van der Waals surface area (Å²) in [6.45, 7) is 14.6. The van der Waals surface area contributed by atoms with Gasteiger partial charge in [0.2, 0.25) is 0 Å². The van der Waals surface area contributed by atoms with E-state index in [1.54, 1.807) is 6.92 Å². The Labute approximate surface area is 157 Å². The van der Waals surface area contributed by atoms with Crippen LogP contribution in [-0.4, -0.2) is 23.1 Å². The van der Waals surface area contributed by atoms with Gasteiger partial charge in [0.1, 0.15) is 6.10 Å². The van der Waals surface area contributed by atoms with E-state index in [-0.39, 0.29) is 17.3 Å². The number of hydrogen-bond donors (Lipinski definition) is 1. The lowest BCUT2D eigenvalue weighted by atomic mass is 9.47. The van der Waals surface area contributed by atoms with Gasteiger partial charge in [0.25, 0.3) is 0 Å². The van der Waals surface area contributed by atoms with Gasteiger partial charge in [-0.3, -0.25) is 4.79 Å². The van der Waals surface area contributed by atoms with E-state index in [0.29, 0.717) is 23.3 Å². The van der Waals surface area contributed by atoms with Crippen LogP contribution in [0.25, 0.3) is 0 Å². The Balaban J connectivity index is 2.34. The lowest BCUT2D eigenvalue weighted by molar-refractivity contribution is -0.147. The van der Waals surface area contributed by atoms with Crippen LogP contribution >= 0.6 is 0 Å². The van der Waals surface area contributed by atoms with Crippen molar-refractivity contribution in [3.8, 4) is 0 Å². The molecule has 2 aliphatic carbocycles. The van der Waals surface area contributed by atoms with E-state index in [4.69, 9.17) is 9.84 Å². The Morgan fingerprint density at radius 2 is 1.96 bits per heavy atom. The Morgan fingerprint density at radius 1 is 1.31 bits per heavy atom. The minimum Gasteiger partial charge on any atom is -0.478 e. The quantitative estimate of drug-likeness (QED) is 0.418. The first kappa shape index (κ1) is 20.7. The van der Waals surface area contributed by atoms with E-state index < -0.39 is 12.1 Å². The maximum Gasteiger partial charge on any atom is 0.328 e. The monoisotopic (exact) mass is 362 g/mol. The van der Waals surface area contributed by atoms with Crippen LogP contribution in [0.4, 0.5) is 0 Å². The number of carboxylic acid groups (broad SMARTS) is 1. The lowest BCUT2D eigenvalue weighted by Gasteiger charge is -2.58. The molecule has 4 atom stereocenters. The first-order valence-corrected chi connectivity index (χ1v) is 9.73. The van der Waals surface area contributed by atoms with Gasteiger partial charge >= 0.3 is 11.9 Å². The van der Waals surface area contributed by atoms with Crippen molar-refractivity contribution < 1.29 is 19.4 Å². The van der Waals surface area contributed by atoms with Gasteiger partial charge in [-0.05, 0) is 67.3 Å². The number of carbonyl (C=O) groups excluding carboxylic acids is 1. The minimum absolute atomic E-state index is 0.124. The summed E-state index contributed by atoms with van der Waals surface area (Å²) in [6.07, 6.45) is 7.04. The number of esters is 1. The van der Waals surface area contributed by atoms with Crippen LogP contribution in [0.15, 0.2) is 23.8 Å². The summed E-state index contributed by atoms with van der Waals surface area (Å²) in [5.74, 6) is -0.534. The molecular weight excluding hydrogens is 328 g/mol. The summed E-state index contributed by atoms with van der Waals surface area (Å²) in [4.78, 5) is 22.7. The van der Waals surface area contributed by atoms with Gasteiger partial charge in [0.15, 0.2) is 0 Å². The summed E-state index contributed by atoms with van der Waals surface area (Å²) < 4.78 is 5.53. The van der Waals surface area contributed by atoms with Crippen molar-refractivity contribution >= 4 is 11.9 Å². The minimum atomic E-state index is -1.01. The second kappa shape index (κ2) is 7.58. The summed E-state index contributed by atoms with van der Waals surface area (Å²) in [6, 6.07) is 0. The molecule has 2 aliphatic rings. The fraction of sp³-hybridized carbons (Fsp3) is 0.727. The molecule has 4 unspecified atom stereocenters. The van der Waals surface area contributed by atoms with Crippen LogP contribution in [0.2, 0.25) is 0 Å². The lowest BCUT2D eigenvalue weighted by Crippen LogP contribution is -2.50. The second-order valence-corrected chi connectivity index (χ2v) is 9.21. The third-order valence-corrected chi connectivity index (χ3v) is 6.94. The molecule has 1 N–H and O–H groups in total. The van der Waals surface area contributed by atoms with Crippen molar-refractivity contribution in [3.63, 3.8) is 0 Å². The van der Waals surface area contributed by atoms with E-state index in [9.17, 15) is 9.59 Å². The van der Waals surface area contributed by atoms with Crippen molar-refractivity contribution in [2.24, 2.45) is 22.7 Å². The van der Waals surface area contributed by atoms with Crippen LogP contribution in [0, 0.1) is 22.7 Å². The molecule has 2 saturated carbocycles. The maximum absolute atomic E-state index is 11.6. The summed E-state index contributed by atoms with van der Waals surface area (Å²) >= 11 is 0. The first-order valence-electron chi connectivity index (χ1n) is 9.73. The molecule has 26 heavy (non-hydrogen) atoms. The average molecular weight is 363 g/mol. The van der Waals surface area contributed by atoms with E-state index in [2.05, 4.69) is 27.4 Å². The Kier molecular flexibility index (Phi) is 6.04. The van der Waals surface area contributed by atoms with Gasteiger partial charge < -0.3 is 9.84 Å². The molecular formula is C22H34O4. The SMILES string of the molecule is C=C1CCC2C(C)(C)CCCC2(C)C1CC(OC(C)=O)C(C)=CC(=O)O. The van der Waals surface area contributed by atoms with Crippen molar-refractivity contribution in [1.82, 2.24) is 0 Å². The van der Waals surface area contributed by atoms with Gasteiger partial charge in [0.05, 0.1) is 0 Å². The van der Waals surface area contributed by atoms with Gasteiger partial charge in [-0.25, -0.2) is 4.79 Å². The molecule has 4 nitrogen and oxygen atoms in total. The van der Waals surface area contributed by atoms with Crippen molar-refractivity contribution in [1.29, 1.82) is 0 Å².